The van der Waals surface area contributed by atoms with Crippen molar-refractivity contribution >= 4 is 54.6 Å². The molecule has 132 valence electrons. The summed E-state index contributed by atoms with van der Waals surface area (Å²) in [5.74, 6) is 1.29. The molecule has 0 aliphatic heterocycles. The van der Waals surface area contributed by atoms with Crippen molar-refractivity contribution in [3.05, 3.63) is 67.2 Å². The lowest BCUT2D eigenvalue weighted by Crippen LogP contribution is -1.97. The van der Waals surface area contributed by atoms with Crippen molar-refractivity contribution in [1.29, 1.82) is 0 Å². The minimum Gasteiger partial charge on any atom is -0.398 e. The Bertz CT molecular complexity index is 876. The summed E-state index contributed by atoms with van der Waals surface area (Å²) in [5, 5.41) is 0. The van der Waals surface area contributed by atoms with Gasteiger partial charge in [-0.25, -0.2) is 9.69 Å². The molecule has 2 aromatic carbocycles. The topological polar surface area (TPSA) is 60.8 Å². The lowest BCUT2D eigenvalue weighted by atomic mass is 9.99. The van der Waals surface area contributed by atoms with Crippen molar-refractivity contribution in [2.75, 3.05) is 11.5 Å². The summed E-state index contributed by atoms with van der Waals surface area (Å²) in [6.45, 7) is 13.9. The highest BCUT2D eigenvalue weighted by molar-refractivity contribution is 9.11. The zero-order valence-electron chi connectivity index (χ0n) is 14.1. The van der Waals surface area contributed by atoms with Gasteiger partial charge in [0.15, 0.2) is 11.4 Å². The summed E-state index contributed by atoms with van der Waals surface area (Å²) >= 11 is 6.48. The van der Waals surface area contributed by atoms with Gasteiger partial charge in [0.25, 0.3) is 0 Å². The molecular weight excluding hydrogens is 456 g/mol. The maximum atomic E-state index is 7.11. The second-order valence-corrected chi connectivity index (χ2v) is 8.34. The van der Waals surface area contributed by atoms with Crippen molar-refractivity contribution in [2.45, 2.75) is 37.5 Å². The molecule has 2 saturated carbocycles. The predicted molar refractivity (Wildman–Crippen MR) is 114 cm³/mol. The van der Waals surface area contributed by atoms with Crippen LogP contribution in [0.4, 0.5) is 22.7 Å². The first-order chi connectivity index (χ1) is 12.4. The molecule has 0 amide bonds. The summed E-state index contributed by atoms with van der Waals surface area (Å²) in [4.78, 5) is 6.82. The van der Waals surface area contributed by atoms with Gasteiger partial charge >= 0.3 is 0 Å². The number of nitrogens with zero attached hydrogens (tertiary/aromatic N) is 2. The van der Waals surface area contributed by atoms with Crippen molar-refractivity contribution in [3.8, 4) is 0 Å². The van der Waals surface area contributed by atoms with Crippen LogP contribution in [0.1, 0.15) is 48.6 Å². The lowest BCUT2D eigenvalue weighted by Gasteiger charge is -2.11. The molecule has 2 aromatic rings. The van der Waals surface area contributed by atoms with Gasteiger partial charge in [0.2, 0.25) is 0 Å². The van der Waals surface area contributed by atoms with Gasteiger partial charge in [0.1, 0.15) is 0 Å². The average molecular weight is 474 g/mol. The van der Waals surface area contributed by atoms with Gasteiger partial charge < -0.3 is 11.5 Å². The number of nitrogens with two attached hydrogens (primary N) is 2. The second kappa shape index (κ2) is 7.70. The molecule has 2 aliphatic carbocycles. The Labute approximate surface area is 170 Å². The van der Waals surface area contributed by atoms with Gasteiger partial charge in [-0.1, -0.05) is 12.1 Å². The third-order valence-electron chi connectivity index (χ3n) is 4.59. The van der Waals surface area contributed by atoms with Gasteiger partial charge in [0, 0.05) is 14.6 Å². The van der Waals surface area contributed by atoms with Crippen LogP contribution < -0.4 is 11.5 Å². The number of hydrogen-bond donors (Lipinski definition) is 2. The van der Waals surface area contributed by atoms with Gasteiger partial charge in [-0.2, -0.15) is 0 Å². The van der Waals surface area contributed by atoms with Crippen LogP contribution in [0.25, 0.3) is 9.69 Å². The Morgan fingerprint density at radius 3 is 1.46 bits per heavy atom. The number of rotatable bonds is 2. The molecule has 0 unspecified atom stereocenters. The number of halogens is 2. The van der Waals surface area contributed by atoms with E-state index in [2.05, 4.69) is 41.5 Å². The first-order valence-electron chi connectivity index (χ1n) is 8.37. The van der Waals surface area contributed by atoms with E-state index in [1.165, 1.54) is 36.8 Å². The maximum absolute atomic E-state index is 7.11. The van der Waals surface area contributed by atoms with Gasteiger partial charge in [-0.3, -0.25) is 0 Å². The zero-order chi connectivity index (χ0) is 18.8. The van der Waals surface area contributed by atoms with E-state index in [9.17, 15) is 0 Å². The van der Waals surface area contributed by atoms with Crippen molar-refractivity contribution in [2.24, 2.45) is 0 Å². The van der Waals surface area contributed by atoms with E-state index < -0.39 is 0 Å². The van der Waals surface area contributed by atoms with E-state index in [0.29, 0.717) is 23.2 Å². The SMILES string of the molecule is [C-]#[N+]c1cc(Br)c(N)c(Br)c1.[C-]#[N+]c1cc(C2CC2)c(N)c(C2CC2)c1. The average Bonchev–Trinajstić information content (AvgIpc) is 3.52. The first kappa shape index (κ1) is 18.8. The standard InChI is InChI=1S/C13H14N2.C7H4Br2N2/c1-15-10-6-11(8-2-3-8)13(14)12(7-10)9-4-5-9;1-11-4-2-5(8)7(10)6(9)3-4/h6-9H,2-5,14H2;2-3H,10H2. The summed E-state index contributed by atoms with van der Waals surface area (Å²) in [7, 11) is 0. The van der Waals surface area contributed by atoms with Crippen LogP contribution in [0.2, 0.25) is 0 Å². The highest BCUT2D eigenvalue weighted by Gasteiger charge is 2.31. The highest BCUT2D eigenvalue weighted by Crippen LogP contribution is 2.50. The molecule has 0 saturated heterocycles. The van der Waals surface area contributed by atoms with Crippen LogP contribution in [0, 0.1) is 13.1 Å². The quantitative estimate of drug-likeness (QED) is 0.367. The molecule has 4 nitrogen and oxygen atoms in total. The largest absolute Gasteiger partial charge is 0.398 e. The fourth-order valence-corrected chi connectivity index (χ4v) is 4.01. The highest BCUT2D eigenvalue weighted by atomic mass is 79.9. The molecule has 0 aromatic heterocycles. The molecule has 2 fully saturated rings. The van der Waals surface area contributed by atoms with Crippen LogP contribution >= 0.6 is 31.9 Å². The molecular formula is C20H18Br2N4. The van der Waals surface area contributed by atoms with Crippen LogP contribution in [-0.4, -0.2) is 0 Å². The summed E-state index contributed by atoms with van der Waals surface area (Å²) in [5.41, 5.74) is 17.2. The van der Waals surface area contributed by atoms with Crippen molar-refractivity contribution in [1.82, 2.24) is 0 Å². The summed E-state index contributed by atoms with van der Waals surface area (Å²) in [6.07, 6.45) is 4.98. The van der Waals surface area contributed by atoms with E-state index in [4.69, 9.17) is 24.6 Å². The van der Waals surface area contributed by atoms with Gasteiger partial charge in [0.05, 0.1) is 18.8 Å². The molecule has 0 atom stereocenters. The number of nitrogen functional groups attached to an aromatic ring is 2. The number of anilines is 2. The van der Waals surface area contributed by atoms with E-state index in [0.717, 1.165) is 20.3 Å². The third-order valence-corrected chi connectivity index (χ3v) is 5.90. The Balaban J connectivity index is 0.000000160. The Morgan fingerprint density at radius 1 is 0.731 bits per heavy atom. The molecule has 26 heavy (non-hydrogen) atoms. The minimum absolute atomic E-state index is 0.568. The molecule has 4 N–H and O–H groups in total. The van der Waals surface area contributed by atoms with Crippen molar-refractivity contribution < 1.29 is 0 Å². The molecule has 0 bridgehead atoms. The summed E-state index contributed by atoms with van der Waals surface area (Å²) in [6, 6.07) is 7.36. The minimum atomic E-state index is 0.568. The van der Waals surface area contributed by atoms with E-state index in [1.54, 1.807) is 12.1 Å². The molecule has 0 radical (unpaired) electrons. The van der Waals surface area contributed by atoms with Crippen LogP contribution in [0.15, 0.2) is 33.2 Å². The van der Waals surface area contributed by atoms with E-state index in [1.807, 2.05) is 12.1 Å². The molecule has 2 aliphatic rings. The lowest BCUT2D eigenvalue weighted by molar-refractivity contribution is 1.08. The maximum Gasteiger partial charge on any atom is 0.189 e. The first-order valence-corrected chi connectivity index (χ1v) is 9.96. The zero-order valence-corrected chi connectivity index (χ0v) is 17.3. The molecule has 0 spiro atoms. The fraction of sp³-hybridized carbons (Fsp3) is 0.300. The van der Waals surface area contributed by atoms with Crippen LogP contribution in [0.3, 0.4) is 0 Å². The normalized spacial score (nSPS) is 15.4. The van der Waals surface area contributed by atoms with Crippen LogP contribution in [0.5, 0.6) is 0 Å². The second-order valence-electron chi connectivity index (χ2n) is 6.63. The molecule has 4 rings (SSSR count). The Kier molecular flexibility index (Phi) is 5.55. The molecule has 6 heteroatoms. The smallest absolute Gasteiger partial charge is 0.189 e. The molecule has 0 heterocycles. The van der Waals surface area contributed by atoms with E-state index >= 15 is 0 Å². The Morgan fingerprint density at radius 2 is 1.12 bits per heavy atom. The predicted octanol–water partition coefficient (Wildman–Crippen LogP) is 6.92. The Hall–Kier alpha value is -2.02. The third kappa shape index (κ3) is 4.20. The number of hydrogen-bond acceptors (Lipinski definition) is 2. The summed E-state index contributed by atoms with van der Waals surface area (Å²) < 4.78 is 1.50. The van der Waals surface area contributed by atoms with Gasteiger partial charge in [-0.15, -0.1) is 0 Å². The van der Waals surface area contributed by atoms with Crippen LogP contribution in [-0.2, 0) is 0 Å². The van der Waals surface area contributed by atoms with Crippen molar-refractivity contribution in [3.63, 3.8) is 0 Å². The van der Waals surface area contributed by atoms with Gasteiger partial charge in [-0.05, 0) is 92.6 Å². The number of benzene rings is 2. The monoisotopic (exact) mass is 472 g/mol. The fourth-order valence-electron chi connectivity index (χ4n) is 2.85. The van der Waals surface area contributed by atoms with E-state index in [-0.39, 0.29) is 0 Å².